The standard InChI is InChI=1S/C14H15FN2/c1-10-4-2-3-5-13(10)17-14-7-6-11(9-16)8-12(14)15/h2-8,17H,9,16H2,1H3. The van der Waals surface area contributed by atoms with Gasteiger partial charge in [-0.15, -0.1) is 0 Å². The van der Waals surface area contributed by atoms with Gasteiger partial charge in [0, 0.05) is 12.2 Å². The molecule has 0 aromatic heterocycles. The molecular formula is C14H15FN2. The molecule has 0 atom stereocenters. The highest BCUT2D eigenvalue weighted by Gasteiger charge is 2.04. The van der Waals surface area contributed by atoms with Crippen molar-refractivity contribution in [1.29, 1.82) is 0 Å². The molecule has 88 valence electrons. The molecule has 0 bridgehead atoms. The summed E-state index contributed by atoms with van der Waals surface area (Å²) in [5, 5.41) is 3.08. The fraction of sp³-hybridized carbons (Fsp3) is 0.143. The van der Waals surface area contributed by atoms with Crippen LogP contribution in [0.3, 0.4) is 0 Å². The van der Waals surface area contributed by atoms with Gasteiger partial charge >= 0.3 is 0 Å². The van der Waals surface area contributed by atoms with Crippen LogP contribution in [0.5, 0.6) is 0 Å². The van der Waals surface area contributed by atoms with E-state index in [1.54, 1.807) is 6.07 Å². The zero-order valence-corrected chi connectivity index (χ0v) is 9.70. The number of anilines is 2. The number of hydrogen-bond acceptors (Lipinski definition) is 2. The summed E-state index contributed by atoms with van der Waals surface area (Å²) in [4.78, 5) is 0. The average molecular weight is 230 g/mol. The van der Waals surface area contributed by atoms with Crippen LogP contribution in [-0.4, -0.2) is 0 Å². The Balaban J connectivity index is 2.28. The van der Waals surface area contributed by atoms with Gasteiger partial charge in [0.2, 0.25) is 0 Å². The van der Waals surface area contributed by atoms with Gasteiger partial charge in [0.05, 0.1) is 5.69 Å². The summed E-state index contributed by atoms with van der Waals surface area (Å²) in [5.74, 6) is -0.281. The molecule has 0 heterocycles. The van der Waals surface area contributed by atoms with E-state index >= 15 is 0 Å². The molecule has 0 saturated heterocycles. The van der Waals surface area contributed by atoms with E-state index in [2.05, 4.69) is 5.32 Å². The third-order valence-electron chi connectivity index (χ3n) is 2.68. The van der Waals surface area contributed by atoms with Gasteiger partial charge in [-0.2, -0.15) is 0 Å². The van der Waals surface area contributed by atoms with Crippen molar-refractivity contribution in [2.24, 2.45) is 5.73 Å². The Labute approximate surface area is 100 Å². The first-order valence-electron chi connectivity index (χ1n) is 5.52. The van der Waals surface area contributed by atoms with E-state index in [0.29, 0.717) is 12.2 Å². The lowest BCUT2D eigenvalue weighted by atomic mass is 10.1. The normalized spacial score (nSPS) is 10.3. The van der Waals surface area contributed by atoms with Gasteiger partial charge in [-0.05, 0) is 36.2 Å². The van der Waals surface area contributed by atoms with E-state index in [0.717, 1.165) is 16.8 Å². The molecule has 2 nitrogen and oxygen atoms in total. The van der Waals surface area contributed by atoms with E-state index in [4.69, 9.17) is 5.73 Å². The Morgan fingerprint density at radius 2 is 1.88 bits per heavy atom. The highest BCUT2D eigenvalue weighted by atomic mass is 19.1. The number of benzene rings is 2. The third-order valence-corrected chi connectivity index (χ3v) is 2.68. The van der Waals surface area contributed by atoms with Crippen LogP contribution in [0.25, 0.3) is 0 Å². The van der Waals surface area contributed by atoms with Crippen LogP contribution in [0, 0.1) is 12.7 Å². The summed E-state index contributed by atoms with van der Waals surface area (Å²) >= 11 is 0. The summed E-state index contributed by atoms with van der Waals surface area (Å²) in [7, 11) is 0. The average Bonchev–Trinajstić information content (AvgIpc) is 2.34. The quantitative estimate of drug-likeness (QED) is 0.848. The number of nitrogens with one attached hydrogen (secondary N) is 1. The number of halogens is 1. The molecule has 0 aliphatic carbocycles. The fourth-order valence-corrected chi connectivity index (χ4v) is 1.65. The van der Waals surface area contributed by atoms with Crippen molar-refractivity contribution in [2.45, 2.75) is 13.5 Å². The second kappa shape index (κ2) is 4.97. The highest BCUT2D eigenvalue weighted by molar-refractivity contribution is 5.63. The van der Waals surface area contributed by atoms with Crippen molar-refractivity contribution in [3.05, 3.63) is 59.4 Å². The summed E-state index contributed by atoms with van der Waals surface area (Å²) in [6.07, 6.45) is 0. The fourth-order valence-electron chi connectivity index (χ4n) is 1.65. The van der Waals surface area contributed by atoms with E-state index in [1.165, 1.54) is 6.07 Å². The molecule has 0 unspecified atom stereocenters. The predicted molar refractivity (Wildman–Crippen MR) is 68.8 cm³/mol. The molecule has 0 saturated carbocycles. The second-order valence-electron chi connectivity index (χ2n) is 3.96. The van der Waals surface area contributed by atoms with Crippen LogP contribution in [0.1, 0.15) is 11.1 Å². The number of nitrogens with two attached hydrogens (primary N) is 1. The number of aryl methyl sites for hydroxylation is 1. The molecule has 0 amide bonds. The van der Waals surface area contributed by atoms with Crippen molar-refractivity contribution in [1.82, 2.24) is 0 Å². The van der Waals surface area contributed by atoms with Crippen LogP contribution in [0.2, 0.25) is 0 Å². The van der Waals surface area contributed by atoms with Crippen LogP contribution in [0.4, 0.5) is 15.8 Å². The van der Waals surface area contributed by atoms with Gasteiger partial charge in [0.15, 0.2) is 0 Å². The SMILES string of the molecule is Cc1ccccc1Nc1ccc(CN)cc1F. The van der Waals surface area contributed by atoms with E-state index in [-0.39, 0.29) is 5.82 Å². The molecule has 0 aliphatic heterocycles. The minimum absolute atomic E-state index is 0.281. The Bertz CT molecular complexity index is 523. The van der Waals surface area contributed by atoms with Crippen LogP contribution < -0.4 is 11.1 Å². The zero-order valence-electron chi connectivity index (χ0n) is 9.70. The Morgan fingerprint density at radius 3 is 2.53 bits per heavy atom. The van der Waals surface area contributed by atoms with Crippen molar-refractivity contribution in [2.75, 3.05) is 5.32 Å². The van der Waals surface area contributed by atoms with Gasteiger partial charge in [-0.3, -0.25) is 0 Å². The van der Waals surface area contributed by atoms with Crippen molar-refractivity contribution < 1.29 is 4.39 Å². The monoisotopic (exact) mass is 230 g/mol. The molecule has 0 fully saturated rings. The molecule has 3 heteroatoms. The Morgan fingerprint density at radius 1 is 1.12 bits per heavy atom. The summed E-state index contributed by atoms with van der Waals surface area (Å²) in [6.45, 7) is 2.33. The number of para-hydroxylation sites is 1. The largest absolute Gasteiger partial charge is 0.353 e. The maximum absolute atomic E-state index is 13.7. The lowest BCUT2D eigenvalue weighted by molar-refractivity contribution is 0.629. The predicted octanol–water partition coefficient (Wildman–Crippen LogP) is 3.34. The van der Waals surface area contributed by atoms with Gasteiger partial charge in [0.25, 0.3) is 0 Å². The highest BCUT2D eigenvalue weighted by Crippen LogP contribution is 2.23. The Hall–Kier alpha value is -1.87. The number of rotatable bonds is 3. The molecule has 2 aromatic carbocycles. The minimum atomic E-state index is -0.281. The molecule has 3 N–H and O–H groups in total. The first-order valence-corrected chi connectivity index (χ1v) is 5.52. The van der Waals surface area contributed by atoms with E-state index in [9.17, 15) is 4.39 Å². The summed E-state index contributed by atoms with van der Waals surface area (Å²) in [6, 6.07) is 12.8. The number of hydrogen-bond donors (Lipinski definition) is 2. The van der Waals surface area contributed by atoms with Crippen LogP contribution >= 0.6 is 0 Å². The summed E-state index contributed by atoms with van der Waals surface area (Å²) < 4.78 is 13.7. The zero-order chi connectivity index (χ0) is 12.3. The molecular weight excluding hydrogens is 215 g/mol. The van der Waals surface area contributed by atoms with Gasteiger partial charge in [0.1, 0.15) is 5.82 Å². The second-order valence-corrected chi connectivity index (χ2v) is 3.96. The van der Waals surface area contributed by atoms with Gasteiger partial charge in [-0.25, -0.2) is 4.39 Å². The van der Waals surface area contributed by atoms with Gasteiger partial charge < -0.3 is 11.1 Å². The lowest BCUT2D eigenvalue weighted by Crippen LogP contribution is -2.00. The molecule has 2 rings (SSSR count). The van der Waals surface area contributed by atoms with E-state index < -0.39 is 0 Å². The lowest BCUT2D eigenvalue weighted by Gasteiger charge is -2.10. The third kappa shape index (κ3) is 2.63. The maximum Gasteiger partial charge on any atom is 0.146 e. The Kier molecular flexibility index (Phi) is 3.40. The van der Waals surface area contributed by atoms with Crippen molar-refractivity contribution >= 4 is 11.4 Å². The van der Waals surface area contributed by atoms with E-state index in [1.807, 2.05) is 37.3 Å². The van der Waals surface area contributed by atoms with Crippen LogP contribution in [0.15, 0.2) is 42.5 Å². The first kappa shape index (κ1) is 11.6. The topological polar surface area (TPSA) is 38.0 Å². The van der Waals surface area contributed by atoms with Gasteiger partial charge in [-0.1, -0.05) is 24.3 Å². The van der Waals surface area contributed by atoms with Crippen LogP contribution in [-0.2, 0) is 6.54 Å². The molecule has 0 spiro atoms. The first-order chi connectivity index (χ1) is 8.20. The maximum atomic E-state index is 13.7. The summed E-state index contributed by atoms with van der Waals surface area (Å²) in [5.41, 5.74) is 8.70. The van der Waals surface area contributed by atoms with Crippen molar-refractivity contribution in [3.63, 3.8) is 0 Å². The molecule has 2 aromatic rings. The molecule has 17 heavy (non-hydrogen) atoms. The molecule has 0 radical (unpaired) electrons. The minimum Gasteiger partial charge on any atom is -0.353 e. The molecule has 0 aliphatic rings. The van der Waals surface area contributed by atoms with Crippen molar-refractivity contribution in [3.8, 4) is 0 Å². The smallest absolute Gasteiger partial charge is 0.146 e.